The molecule has 5 unspecified atom stereocenters. The number of carbonyl (C=O) groups excluding carboxylic acids is 4. The first kappa shape index (κ1) is 92.9. The second-order valence-electron chi connectivity index (χ2n) is 24.1. The van der Waals surface area contributed by atoms with E-state index in [0.29, 0.717) is 25.7 Å². The lowest BCUT2D eigenvalue weighted by atomic mass is 10.1. The fourth-order valence-electron chi connectivity index (χ4n) is 9.24. The van der Waals surface area contributed by atoms with Crippen molar-refractivity contribution in [3.8, 4) is 0 Å². The summed E-state index contributed by atoms with van der Waals surface area (Å²) in [7, 11) is -10.0. The fourth-order valence-corrected chi connectivity index (χ4v) is 10.8. The predicted molar refractivity (Wildman–Crippen MR) is 399 cm³/mol. The molecule has 0 bridgehead atoms. The SMILES string of the molecule is CC/C=C\C/C=C\C/C=C\C/C=C\C/C=C\CC(=O)OCC(COP(=O)(O)OCC(O)COP(=O)(O)OCC(COC(=O)C/C=C\C/C=C\C/C=C\C/C=C\C/C=C\CC)OC(=O)CCCCCCC/C=C\CCCCCCCC)OC(=O)CCCCCCC/C=C\CCCCCC. The van der Waals surface area contributed by atoms with Crippen LogP contribution in [0.2, 0.25) is 0 Å². The molecule has 0 aliphatic rings. The Bertz CT molecular complexity index is 2430. The molecule has 0 saturated carbocycles. The maximum atomic E-state index is 13.1. The van der Waals surface area contributed by atoms with Gasteiger partial charge in [0.15, 0.2) is 12.2 Å². The minimum atomic E-state index is -5.00. The first-order chi connectivity index (χ1) is 47.7. The summed E-state index contributed by atoms with van der Waals surface area (Å²) >= 11 is 0. The van der Waals surface area contributed by atoms with Gasteiger partial charge >= 0.3 is 39.5 Å². The maximum absolute atomic E-state index is 13.1. The second-order valence-corrected chi connectivity index (χ2v) is 27.1. The van der Waals surface area contributed by atoms with Gasteiger partial charge < -0.3 is 33.8 Å². The first-order valence-electron chi connectivity index (χ1n) is 37.1. The fraction of sp³-hybridized carbons (Fsp3) is 0.646. The van der Waals surface area contributed by atoms with E-state index in [1.54, 1.807) is 12.2 Å². The van der Waals surface area contributed by atoms with Crippen LogP contribution >= 0.6 is 15.6 Å². The topological polar surface area (TPSA) is 237 Å². The molecular formula is C79H130O17P2. The molecule has 5 atom stereocenters. The minimum absolute atomic E-state index is 0.0594. The Kier molecular flexibility index (Phi) is 66.7. The zero-order valence-corrected chi connectivity index (χ0v) is 62.4. The van der Waals surface area contributed by atoms with Crippen LogP contribution in [0.4, 0.5) is 0 Å². The van der Waals surface area contributed by atoms with Gasteiger partial charge in [-0.25, -0.2) is 9.13 Å². The van der Waals surface area contributed by atoms with Gasteiger partial charge in [0.25, 0.3) is 0 Å². The summed E-state index contributed by atoms with van der Waals surface area (Å²) in [6.07, 6.45) is 79.1. The van der Waals surface area contributed by atoms with E-state index in [-0.39, 0.29) is 25.7 Å². The predicted octanol–water partition coefficient (Wildman–Crippen LogP) is 21.1. The molecule has 0 aromatic carbocycles. The number of phosphoric acid groups is 2. The minimum Gasteiger partial charge on any atom is -0.461 e. The van der Waals surface area contributed by atoms with Crippen LogP contribution in [0.5, 0.6) is 0 Å². The Balaban J connectivity index is 5.50. The molecular weight excluding hydrogens is 1280 g/mol. The number of unbranched alkanes of at least 4 members (excludes halogenated alkanes) is 20. The third kappa shape index (κ3) is 69.4. The number of aliphatic hydroxyl groups is 1. The number of carbonyl (C=O) groups is 4. The first-order valence-corrected chi connectivity index (χ1v) is 40.1. The summed E-state index contributed by atoms with van der Waals surface area (Å²) in [5, 5.41) is 10.6. The number of esters is 4. The van der Waals surface area contributed by atoms with E-state index in [2.05, 4.69) is 125 Å². The van der Waals surface area contributed by atoms with Crippen molar-refractivity contribution in [1.29, 1.82) is 0 Å². The zero-order valence-electron chi connectivity index (χ0n) is 60.7. The van der Waals surface area contributed by atoms with Gasteiger partial charge in [0.1, 0.15) is 19.3 Å². The van der Waals surface area contributed by atoms with E-state index in [0.717, 1.165) is 128 Å². The summed E-state index contributed by atoms with van der Waals surface area (Å²) in [6, 6.07) is 0. The van der Waals surface area contributed by atoms with E-state index in [4.69, 9.17) is 37.0 Å². The lowest BCUT2D eigenvalue weighted by Gasteiger charge is -2.21. The Morgan fingerprint density at radius 2 is 0.561 bits per heavy atom. The van der Waals surface area contributed by atoms with E-state index in [1.807, 2.05) is 36.5 Å². The van der Waals surface area contributed by atoms with Gasteiger partial charge in [0.05, 0.1) is 39.3 Å². The number of aliphatic hydroxyl groups excluding tert-OH is 1. The van der Waals surface area contributed by atoms with Crippen molar-refractivity contribution >= 4 is 39.5 Å². The molecule has 0 spiro atoms. The number of allylic oxidation sites excluding steroid dienone is 22. The van der Waals surface area contributed by atoms with Crippen molar-refractivity contribution in [2.24, 2.45) is 0 Å². The van der Waals surface area contributed by atoms with Crippen molar-refractivity contribution in [3.05, 3.63) is 146 Å². The van der Waals surface area contributed by atoms with Crippen molar-refractivity contribution in [3.63, 3.8) is 0 Å². The molecule has 0 radical (unpaired) electrons. The molecule has 0 aromatic rings. The van der Waals surface area contributed by atoms with Crippen LogP contribution in [-0.2, 0) is 65.4 Å². The third-order valence-corrected chi connectivity index (χ3v) is 16.7. The summed E-state index contributed by atoms with van der Waals surface area (Å²) in [5.74, 6) is -2.50. The molecule has 0 amide bonds. The van der Waals surface area contributed by atoms with E-state index >= 15 is 0 Å². The standard InChI is InChI=1S/C79H130O17P2/c1-5-9-13-17-21-25-29-33-36-40-43-47-51-55-59-63-76(81)89-69-74(95-78(83)65-61-57-53-49-45-39-32-28-24-20-16-12-8-4)71-93-97(85,86)91-67-73(80)68-92-98(87,88)94-72-75(96-79(84)66-62-58-54-50-46-42-38-35-31-27-23-19-15-11-7-3)70-90-77(82)64-60-56-52-48-44-41-37-34-30-26-22-18-14-10-6-2/h9-10,13-14,21-22,25-26,28,32-38,43-44,47-48,55-56,59-60,73-75,80H,5-8,11-12,15-20,23-24,27,29-31,39-42,45-46,49-54,57-58,61-72H2,1-4H3,(H,85,86)(H,87,88)/b13-9-,14-10-,25-21-,26-22-,32-28-,36-33-,37-34-,38-35-,47-43-,48-44-,59-55-,60-56-. The zero-order chi connectivity index (χ0) is 71.8. The van der Waals surface area contributed by atoms with Gasteiger partial charge in [0.2, 0.25) is 0 Å². The Morgan fingerprint density at radius 1 is 0.306 bits per heavy atom. The van der Waals surface area contributed by atoms with Crippen LogP contribution in [0, 0.1) is 0 Å². The molecule has 3 N–H and O–H groups in total. The number of hydrogen-bond donors (Lipinski definition) is 3. The average Bonchev–Trinajstić information content (AvgIpc) is 0.959. The van der Waals surface area contributed by atoms with Crippen LogP contribution in [0.15, 0.2) is 146 Å². The quantitative estimate of drug-likeness (QED) is 0.0169. The summed E-state index contributed by atoms with van der Waals surface area (Å²) in [4.78, 5) is 72.6. The highest BCUT2D eigenvalue weighted by atomic mass is 31.2. The highest BCUT2D eigenvalue weighted by molar-refractivity contribution is 7.47. The van der Waals surface area contributed by atoms with Gasteiger partial charge in [-0.3, -0.25) is 37.3 Å². The molecule has 17 nitrogen and oxygen atoms in total. The van der Waals surface area contributed by atoms with E-state index in [9.17, 15) is 43.2 Å². The van der Waals surface area contributed by atoms with Crippen LogP contribution in [0.1, 0.15) is 272 Å². The van der Waals surface area contributed by atoms with Gasteiger partial charge in [-0.2, -0.15) is 0 Å². The molecule has 0 saturated heterocycles. The molecule has 0 fully saturated rings. The van der Waals surface area contributed by atoms with Crippen molar-refractivity contribution in [2.75, 3.05) is 39.6 Å². The van der Waals surface area contributed by atoms with Crippen molar-refractivity contribution in [2.45, 2.75) is 290 Å². The Hall–Kier alpha value is -5.06. The molecule has 98 heavy (non-hydrogen) atoms. The monoisotopic (exact) mass is 1410 g/mol. The Morgan fingerprint density at radius 3 is 0.867 bits per heavy atom. The summed E-state index contributed by atoms with van der Waals surface area (Å²) in [6.45, 7) is 4.35. The summed E-state index contributed by atoms with van der Waals surface area (Å²) in [5.41, 5.74) is 0. The smallest absolute Gasteiger partial charge is 0.461 e. The van der Waals surface area contributed by atoms with Crippen LogP contribution in [0.25, 0.3) is 0 Å². The number of phosphoric ester groups is 2. The molecule has 0 aliphatic heterocycles. The van der Waals surface area contributed by atoms with Crippen LogP contribution < -0.4 is 0 Å². The van der Waals surface area contributed by atoms with Crippen molar-refractivity contribution < 1.29 is 80.2 Å². The van der Waals surface area contributed by atoms with E-state index in [1.165, 1.54) is 64.2 Å². The highest BCUT2D eigenvalue weighted by Crippen LogP contribution is 2.45. The largest absolute Gasteiger partial charge is 0.472 e. The van der Waals surface area contributed by atoms with Crippen LogP contribution in [0.3, 0.4) is 0 Å². The van der Waals surface area contributed by atoms with Gasteiger partial charge in [-0.05, 0) is 128 Å². The average molecular weight is 1410 g/mol. The van der Waals surface area contributed by atoms with Gasteiger partial charge in [-0.15, -0.1) is 0 Å². The third-order valence-electron chi connectivity index (χ3n) is 14.8. The molecule has 0 rings (SSSR count). The number of rotatable bonds is 68. The normalized spacial score (nSPS) is 14.8. The Labute approximate surface area is 592 Å². The lowest BCUT2D eigenvalue weighted by Crippen LogP contribution is -2.30. The lowest BCUT2D eigenvalue weighted by molar-refractivity contribution is -0.161. The van der Waals surface area contributed by atoms with Crippen molar-refractivity contribution in [1.82, 2.24) is 0 Å². The highest BCUT2D eigenvalue weighted by Gasteiger charge is 2.30. The molecule has 558 valence electrons. The van der Waals surface area contributed by atoms with E-state index < -0.39 is 97.5 Å². The number of hydrogen-bond acceptors (Lipinski definition) is 15. The molecule has 19 heteroatoms. The van der Waals surface area contributed by atoms with Gasteiger partial charge in [-0.1, -0.05) is 263 Å². The molecule has 0 aromatic heterocycles. The molecule has 0 aliphatic carbocycles. The molecule has 0 heterocycles. The summed E-state index contributed by atoms with van der Waals surface area (Å²) < 4.78 is 68.1. The maximum Gasteiger partial charge on any atom is 0.472 e. The number of ether oxygens (including phenoxy) is 4. The van der Waals surface area contributed by atoms with Gasteiger partial charge in [0, 0.05) is 12.8 Å². The van der Waals surface area contributed by atoms with Crippen LogP contribution in [-0.4, -0.2) is 96.7 Å². The second kappa shape index (κ2) is 70.4.